The van der Waals surface area contributed by atoms with Crippen molar-refractivity contribution in [1.82, 2.24) is 4.98 Å². The predicted octanol–water partition coefficient (Wildman–Crippen LogP) is 3.10. The Morgan fingerprint density at radius 3 is 2.94 bits per heavy atom. The van der Waals surface area contributed by atoms with E-state index in [2.05, 4.69) is 17.2 Å². The van der Waals surface area contributed by atoms with E-state index in [0.29, 0.717) is 16.9 Å². The third-order valence-corrected chi connectivity index (χ3v) is 3.97. The molecule has 0 bridgehead atoms. The van der Waals surface area contributed by atoms with Crippen molar-refractivity contribution in [3.8, 4) is 0 Å². The quantitative estimate of drug-likeness (QED) is 0.650. The van der Waals surface area contributed by atoms with Gasteiger partial charge in [0.1, 0.15) is 10.8 Å². The maximum atomic E-state index is 5.64. The van der Waals surface area contributed by atoms with Gasteiger partial charge in [-0.05, 0) is 30.9 Å². The van der Waals surface area contributed by atoms with E-state index in [1.807, 2.05) is 12.1 Å². The average molecular weight is 263 g/mol. The van der Waals surface area contributed by atoms with Gasteiger partial charge in [0.2, 0.25) is 0 Å². The van der Waals surface area contributed by atoms with Gasteiger partial charge in [-0.2, -0.15) is 0 Å². The van der Waals surface area contributed by atoms with Crippen LogP contribution >= 0.6 is 12.2 Å². The molecule has 1 aromatic heterocycles. The second kappa shape index (κ2) is 6.14. The van der Waals surface area contributed by atoms with E-state index in [4.69, 9.17) is 18.0 Å². The highest BCUT2D eigenvalue weighted by Crippen LogP contribution is 2.25. The lowest BCUT2D eigenvalue weighted by atomic mass is 9.97. The van der Waals surface area contributed by atoms with Crippen molar-refractivity contribution >= 4 is 23.0 Å². The van der Waals surface area contributed by atoms with Crippen LogP contribution in [0.2, 0.25) is 0 Å². The van der Waals surface area contributed by atoms with Crippen molar-refractivity contribution in [2.75, 3.05) is 5.32 Å². The molecule has 1 aliphatic carbocycles. The number of hydrogen-bond acceptors (Lipinski definition) is 3. The van der Waals surface area contributed by atoms with Crippen LogP contribution in [0.25, 0.3) is 0 Å². The Bertz CT molecular complexity index is 419. The molecule has 1 aromatic rings. The van der Waals surface area contributed by atoms with E-state index in [-0.39, 0.29) is 0 Å². The number of hydrogen-bond donors (Lipinski definition) is 2. The first-order chi connectivity index (χ1) is 8.66. The zero-order valence-electron chi connectivity index (χ0n) is 10.9. The normalized spacial score (nSPS) is 24.3. The van der Waals surface area contributed by atoms with Crippen LogP contribution in [0.1, 0.15) is 44.6 Å². The molecule has 0 aromatic carbocycles. The maximum absolute atomic E-state index is 5.64. The first kappa shape index (κ1) is 13.3. The summed E-state index contributed by atoms with van der Waals surface area (Å²) >= 11 is 4.99. The molecule has 3 N–H and O–H groups in total. The maximum Gasteiger partial charge on any atom is 0.126 e. The number of nitrogens with two attached hydrogens (primary N) is 1. The zero-order valence-corrected chi connectivity index (χ0v) is 11.7. The van der Waals surface area contributed by atoms with Crippen molar-refractivity contribution < 1.29 is 0 Å². The Balaban J connectivity index is 2.07. The molecule has 0 amide bonds. The van der Waals surface area contributed by atoms with Crippen molar-refractivity contribution in [3.05, 3.63) is 23.9 Å². The molecule has 2 unspecified atom stereocenters. The Morgan fingerprint density at radius 1 is 1.39 bits per heavy atom. The number of rotatable bonds is 3. The lowest BCUT2D eigenvalue weighted by molar-refractivity contribution is 0.455. The van der Waals surface area contributed by atoms with E-state index in [0.717, 1.165) is 11.4 Å². The summed E-state index contributed by atoms with van der Waals surface area (Å²) in [4.78, 5) is 4.78. The lowest BCUT2D eigenvalue weighted by Gasteiger charge is -2.23. The summed E-state index contributed by atoms with van der Waals surface area (Å²) in [6.07, 6.45) is 8.28. The summed E-state index contributed by atoms with van der Waals surface area (Å²) in [7, 11) is 0. The van der Waals surface area contributed by atoms with Crippen LogP contribution in [0.4, 0.5) is 5.82 Å². The molecule has 1 heterocycles. The minimum atomic E-state index is 0.425. The van der Waals surface area contributed by atoms with Crippen molar-refractivity contribution in [2.45, 2.75) is 45.1 Å². The summed E-state index contributed by atoms with van der Waals surface area (Å²) in [5.41, 5.74) is 6.52. The van der Waals surface area contributed by atoms with Gasteiger partial charge >= 0.3 is 0 Å². The Kier molecular flexibility index (Phi) is 4.53. The van der Waals surface area contributed by atoms with Crippen LogP contribution in [0.3, 0.4) is 0 Å². The molecule has 1 fully saturated rings. The molecule has 2 rings (SSSR count). The second-order valence-corrected chi connectivity index (χ2v) is 5.60. The van der Waals surface area contributed by atoms with Gasteiger partial charge in [-0.3, -0.25) is 0 Å². The monoisotopic (exact) mass is 263 g/mol. The van der Waals surface area contributed by atoms with Crippen LogP contribution in [-0.4, -0.2) is 16.0 Å². The summed E-state index contributed by atoms with van der Waals surface area (Å²) in [5.74, 6) is 1.59. The van der Waals surface area contributed by atoms with E-state index in [9.17, 15) is 0 Å². The van der Waals surface area contributed by atoms with Gasteiger partial charge in [0, 0.05) is 17.8 Å². The number of thiocarbonyl (C=S) groups is 1. The highest BCUT2D eigenvalue weighted by Gasteiger charge is 2.19. The highest BCUT2D eigenvalue weighted by molar-refractivity contribution is 7.80. The van der Waals surface area contributed by atoms with Gasteiger partial charge in [0.15, 0.2) is 0 Å². The first-order valence-electron chi connectivity index (χ1n) is 6.69. The van der Waals surface area contributed by atoms with E-state index in [1.165, 1.54) is 32.1 Å². The van der Waals surface area contributed by atoms with E-state index in [1.54, 1.807) is 6.20 Å². The van der Waals surface area contributed by atoms with Gasteiger partial charge in [-0.25, -0.2) is 4.98 Å². The SMILES string of the molecule is CC1CCCCCC1Nc1cc(C(N)=S)ccn1. The Morgan fingerprint density at radius 2 is 2.17 bits per heavy atom. The summed E-state index contributed by atoms with van der Waals surface area (Å²) in [5, 5.41) is 3.54. The molecule has 2 atom stereocenters. The predicted molar refractivity (Wildman–Crippen MR) is 79.8 cm³/mol. The number of anilines is 1. The summed E-state index contributed by atoms with van der Waals surface area (Å²) < 4.78 is 0. The molecule has 98 valence electrons. The van der Waals surface area contributed by atoms with Crippen LogP contribution in [0.15, 0.2) is 18.3 Å². The van der Waals surface area contributed by atoms with Crippen molar-refractivity contribution in [1.29, 1.82) is 0 Å². The Labute approximate surface area is 114 Å². The number of aromatic nitrogens is 1. The highest BCUT2D eigenvalue weighted by atomic mass is 32.1. The molecule has 0 saturated heterocycles. The molecule has 0 aliphatic heterocycles. The first-order valence-corrected chi connectivity index (χ1v) is 7.10. The number of nitrogens with one attached hydrogen (secondary N) is 1. The molecule has 3 nitrogen and oxygen atoms in total. The van der Waals surface area contributed by atoms with Gasteiger partial charge in [-0.1, -0.05) is 38.4 Å². The van der Waals surface area contributed by atoms with Gasteiger partial charge in [0.05, 0.1) is 0 Å². The van der Waals surface area contributed by atoms with Crippen LogP contribution in [-0.2, 0) is 0 Å². The molecular formula is C14H21N3S. The van der Waals surface area contributed by atoms with Crippen molar-refractivity contribution in [2.24, 2.45) is 11.7 Å². The molecule has 4 heteroatoms. The van der Waals surface area contributed by atoms with E-state index < -0.39 is 0 Å². The molecule has 18 heavy (non-hydrogen) atoms. The fraction of sp³-hybridized carbons (Fsp3) is 0.571. The van der Waals surface area contributed by atoms with Crippen molar-refractivity contribution in [3.63, 3.8) is 0 Å². The molecular weight excluding hydrogens is 242 g/mol. The average Bonchev–Trinajstić information content (AvgIpc) is 2.55. The molecule has 0 radical (unpaired) electrons. The van der Waals surface area contributed by atoms with Crippen LogP contribution in [0.5, 0.6) is 0 Å². The molecule has 1 saturated carbocycles. The number of pyridine rings is 1. The minimum Gasteiger partial charge on any atom is -0.389 e. The summed E-state index contributed by atoms with van der Waals surface area (Å²) in [6.45, 7) is 2.32. The smallest absolute Gasteiger partial charge is 0.126 e. The second-order valence-electron chi connectivity index (χ2n) is 5.16. The molecule has 1 aliphatic rings. The van der Waals surface area contributed by atoms with Gasteiger partial charge < -0.3 is 11.1 Å². The minimum absolute atomic E-state index is 0.425. The topological polar surface area (TPSA) is 50.9 Å². The largest absolute Gasteiger partial charge is 0.389 e. The van der Waals surface area contributed by atoms with Gasteiger partial charge in [0.25, 0.3) is 0 Å². The Hall–Kier alpha value is -1.16. The van der Waals surface area contributed by atoms with E-state index >= 15 is 0 Å². The third kappa shape index (κ3) is 3.42. The molecule has 0 spiro atoms. The lowest BCUT2D eigenvalue weighted by Crippen LogP contribution is -2.26. The standard InChI is InChI=1S/C14H21N3S/c1-10-5-3-2-4-6-12(10)17-13-9-11(14(15)18)7-8-16-13/h7-10,12H,2-6H2,1H3,(H2,15,18)(H,16,17). The third-order valence-electron chi connectivity index (χ3n) is 3.74. The summed E-state index contributed by atoms with van der Waals surface area (Å²) in [6, 6.07) is 4.31. The van der Waals surface area contributed by atoms with Gasteiger partial charge in [-0.15, -0.1) is 0 Å². The van der Waals surface area contributed by atoms with Crippen LogP contribution < -0.4 is 11.1 Å². The fourth-order valence-corrected chi connectivity index (χ4v) is 2.69. The zero-order chi connectivity index (χ0) is 13.0. The number of nitrogens with zero attached hydrogens (tertiary/aromatic N) is 1. The fourth-order valence-electron chi connectivity index (χ4n) is 2.56. The van der Waals surface area contributed by atoms with Crippen LogP contribution in [0, 0.1) is 5.92 Å².